The van der Waals surface area contributed by atoms with Crippen LogP contribution in [0.5, 0.6) is 0 Å². The summed E-state index contributed by atoms with van der Waals surface area (Å²) in [7, 11) is 2.70. The van der Waals surface area contributed by atoms with E-state index in [1.165, 1.54) is 14.2 Å². The third-order valence-electron chi connectivity index (χ3n) is 4.16. The van der Waals surface area contributed by atoms with Crippen molar-refractivity contribution in [1.82, 2.24) is 0 Å². The lowest BCUT2D eigenvalue weighted by Crippen LogP contribution is -2.07. The van der Waals surface area contributed by atoms with Gasteiger partial charge in [-0.1, -0.05) is 41.6 Å². The van der Waals surface area contributed by atoms with Crippen LogP contribution >= 0.6 is 23.4 Å². The lowest BCUT2D eigenvalue weighted by molar-refractivity contribution is -0.140. The molecule has 26 heavy (non-hydrogen) atoms. The van der Waals surface area contributed by atoms with Gasteiger partial charge in [0.15, 0.2) is 0 Å². The Labute approximate surface area is 161 Å². The van der Waals surface area contributed by atoms with Crippen LogP contribution in [0.1, 0.15) is 24.0 Å². The SMILES string of the molecule is COC(=O)CC1=C(CC(=O)OC)c2cc(Cl)ccc2Sc2ccccc21. The maximum Gasteiger partial charge on any atom is 0.310 e. The molecule has 0 bridgehead atoms. The van der Waals surface area contributed by atoms with Gasteiger partial charge in [0.2, 0.25) is 0 Å². The van der Waals surface area contributed by atoms with E-state index in [1.54, 1.807) is 11.8 Å². The topological polar surface area (TPSA) is 52.6 Å². The molecule has 134 valence electrons. The molecule has 2 aromatic carbocycles. The minimum absolute atomic E-state index is 0.0467. The van der Waals surface area contributed by atoms with Crippen LogP contribution < -0.4 is 0 Å². The summed E-state index contributed by atoms with van der Waals surface area (Å²) >= 11 is 7.80. The van der Waals surface area contributed by atoms with Gasteiger partial charge in [0.25, 0.3) is 0 Å². The van der Waals surface area contributed by atoms with E-state index in [2.05, 4.69) is 0 Å². The van der Waals surface area contributed by atoms with E-state index in [9.17, 15) is 9.59 Å². The zero-order chi connectivity index (χ0) is 18.7. The number of hydrogen-bond acceptors (Lipinski definition) is 5. The summed E-state index contributed by atoms with van der Waals surface area (Å²) in [6, 6.07) is 13.4. The molecule has 3 rings (SSSR count). The Morgan fingerprint density at radius 3 is 2.12 bits per heavy atom. The van der Waals surface area contributed by atoms with E-state index in [1.807, 2.05) is 42.5 Å². The molecule has 0 amide bonds. The minimum Gasteiger partial charge on any atom is -0.469 e. The zero-order valence-corrected chi connectivity index (χ0v) is 15.9. The zero-order valence-electron chi connectivity index (χ0n) is 14.4. The predicted octanol–water partition coefficient (Wildman–Crippen LogP) is 4.84. The van der Waals surface area contributed by atoms with Gasteiger partial charge in [-0.3, -0.25) is 9.59 Å². The summed E-state index contributed by atoms with van der Waals surface area (Å²) in [6.07, 6.45) is 0.109. The summed E-state index contributed by atoms with van der Waals surface area (Å²) < 4.78 is 9.76. The number of hydrogen-bond donors (Lipinski definition) is 0. The average molecular weight is 389 g/mol. The van der Waals surface area contributed by atoms with Crippen LogP contribution in [0.3, 0.4) is 0 Å². The van der Waals surface area contributed by atoms with Crippen molar-refractivity contribution in [2.24, 2.45) is 0 Å². The van der Waals surface area contributed by atoms with Gasteiger partial charge in [0.05, 0.1) is 27.1 Å². The van der Waals surface area contributed by atoms with Crippen LogP contribution in [0.15, 0.2) is 52.3 Å². The number of fused-ring (bicyclic) bond motifs is 2. The Balaban J connectivity index is 2.30. The number of halogens is 1. The Kier molecular flexibility index (Phi) is 5.69. The fourth-order valence-corrected chi connectivity index (χ4v) is 4.20. The summed E-state index contributed by atoms with van der Waals surface area (Å²) in [4.78, 5) is 26.1. The van der Waals surface area contributed by atoms with Crippen LogP contribution in [0, 0.1) is 0 Å². The number of carbonyl (C=O) groups excluding carboxylic acids is 2. The number of carbonyl (C=O) groups is 2. The van der Waals surface area contributed by atoms with Gasteiger partial charge in [-0.25, -0.2) is 0 Å². The number of methoxy groups -OCH3 is 2. The van der Waals surface area contributed by atoms with Gasteiger partial charge in [0.1, 0.15) is 0 Å². The lowest BCUT2D eigenvalue weighted by atomic mass is 9.90. The summed E-state index contributed by atoms with van der Waals surface area (Å²) in [5.41, 5.74) is 3.24. The molecule has 1 aliphatic rings. The van der Waals surface area contributed by atoms with Gasteiger partial charge < -0.3 is 9.47 Å². The molecule has 0 fully saturated rings. The molecule has 0 radical (unpaired) electrons. The highest BCUT2D eigenvalue weighted by atomic mass is 35.5. The van der Waals surface area contributed by atoms with Crippen molar-refractivity contribution in [3.8, 4) is 0 Å². The first kappa shape index (κ1) is 18.5. The monoisotopic (exact) mass is 388 g/mol. The van der Waals surface area contributed by atoms with Crippen molar-refractivity contribution in [3.05, 3.63) is 58.6 Å². The van der Waals surface area contributed by atoms with E-state index >= 15 is 0 Å². The number of ether oxygens (including phenoxy) is 2. The van der Waals surface area contributed by atoms with Crippen LogP contribution in [0.4, 0.5) is 0 Å². The first-order valence-corrected chi connectivity index (χ1v) is 9.15. The van der Waals surface area contributed by atoms with Gasteiger partial charge in [-0.2, -0.15) is 0 Å². The molecule has 0 spiro atoms. The third-order valence-corrected chi connectivity index (χ3v) is 5.55. The second-order valence-corrected chi connectivity index (χ2v) is 7.22. The van der Waals surface area contributed by atoms with Crippen molar-refractivity contribution in [3.63, 3.8) is 0 Å². The van der Waals surface area contributed by atoms with E-state index in [0.717, 1.165) is 32.1 Å². The largest absolute Gasteiger partial charge is 0.469 e. The second kappa shape index (κ2) is 7.98. The van der Waals surface area contributed by atoms with Crippen molar-refractivity contribution < 1.29 is 19.1 Å². The van der Waals surface area contributed by atoms with Gasteiger partial charge >= 0.3 is 11.9 Å². The molecule has 2 aromatic rings. The molecule has 0 saturated carbocycles. The van der Waals surface area contributed by atoms with Crippen molar-refractivity contribution in [1.29, 1.82) is 0 Å². The van der Waals surface area contributed by atoms with Gasteiger partial charge in [-0.05, 0) is 46.5 Å². The highest BCUT2D eigenvalue weighted by Crippen LogP contribution is 2.46. The number of benzene rings is 2. The van der Waals surface area contributed by atoms with Gasteiger partial charge in [0, 0.05) is 14.8 Å². The maximum absolute atomic E-state index is 12.1. The highest BCUT2D eigenvalue weighted by Gasteiger charge is 2.26. The molecule has 1 heterocycles. The normalized spacial score (nSPS) is 12.7. The Bertz CT molecular complexity index is 904. The fraction of sp³-hybridized carbons (Fsp3) is 0.200. The van der Waals surface area contributed by atoms with Crippen LogP contribution in [-0.4, -0.2) is 26.2 Å². The summed E-state index contributed by atoms with van der Waals surface area (Å²) in [5.74, 6) is -0.745. The molecule has 4 nitrogen and oxygen atoms in total. The number of rotatable bonds is 4. The minimum atomic E-state index is -0.377. The molecule has 6 heteroatoms. The van der Waals surface area contributed by atoms with Crippen molar-refractivity contribution in [2.75, 3.05) is 14.2 Å². The van der Waals surface area contributed by atoms with Crippen LogP contribution in [-0.2, 0) is 19.1 Å². The van der Waals surface area contributed by atoms with Crippen LogP contribution in [0.2, 0.25) is 5.02 Å². The Hall–Kier alpha value is -2.24. The van der Waals surface area contributed by atoms with E-state index in [0.29, 0.717) is 5.02 Å². The average Bonchev–Trinajstić information content (AvgIpc) is 2.77. The fourth-order valence-electron chi connectivity index (χ4n) is 2.91. The smallest absolute Gasteiger partial charge is 0.310 e. The quantitative estimate of drug-likeness (QED) is 0.701. The predicted molar refractivity (Wildman–Crippen MR) is 102 cm³/mol. The lowest BCUT2D eigenvalue weighted by Gasteiger charge is -2.15. The first-order valence-electron chi connectivity index (χ1n) is 7.96. The molecular formula is C20H17ClO4S. The van der Waals surface area contributed by atoms with E-state index in [4.69, 9.17) is 21.1 Å². The first-order chi connectivity index (χ1) is 12.5. The second-order valence-electron chi connectivity index (χ2n) is 5.70. The molecule has 0 unspecified atom stereocenters. The number of esters is 2. The van der Waals surface area contributed by atoms with Crippen LogP contribution in [0.25, 0.3) is 11.1 Å². The maximum atomic E-state index is 12.1. The summed E-state index contributed by atoms with van der Waals surface area (Å²) in [6.45, 7) is 0. The van der Waals surface area contributed by atoms with E-state index in [-0.39, 0.29) is 24.8 Å². The Morgan fingerprint density at radius 2 is 1.46 bits per heavy atom. The molecule has 0 N–H and O–H groups in total. The molecule has 0 atom stereocenters. The van der Waals surface area contributed by atoms with Crippen molar-refractivity contribution >= 4 is 46.4 Å². The van der Waals surface area contributed by atoms with Gasteiger partial charge in [-0.15, -0.1) is 0 Å². The molecule has 0 aromatic heterocycles. The Morgan fingerprint density at radius 1 is 0.885 bits per heavy atom. The van der Waals surface area contributed by atoms with Crippen molar-refractivity contribution in [2.45, 2.75) is 22.6 Å². The van der Waals surface area contributed by atoms with E-state index < -0.39 is 0 Å². The molecular weight excluding hydrogens is 372 g/mol. The third kappa shape index (κ3) is 3.79. The highest BCUT2D eigenvalue weighted by molar-refractivity contribution is 7.99. The molecule has 0 aliphatic carbocycles. The standard InChI is InChI=1S/C20H17ClO4S/c1-24-19(22)10-14-13-5-3-4-6-17(13)26-18-8-7-12(21)9-16(18)15(14)11-20(23)25-2/h3-9H,10-11H2,1-2H3. The summed E-state index contributed by atoms with van der Waals surface area (Å²) in [5, 5.41) is 0.565. The molecule has 0 saturated heterocycles. The molecule has 1 aliphatic heterocycles.